The Hall–Kier alpha value is -0.765. The van der Waals surface area contributed by atoms with E-state index in [9.17, 15) is 9.50 Å². The predicted octanol–water partition coefficient (Wildman–Crippen LogP) is 0.849. The quantitative estimate of drug-likeness (QED) is 0.479. The topological polar surface area (TPSA) is 37.4 Å². The normalized spacial score (nSPS) is 27.2. The Kier molecular flexibility index (Phi) is 4.20. The van der Waals surface area contributed by atoms with E-state index in [1.54, 1.807) is 6.92 Å². The van der Waals surface area contributed by atoms with Crippen molar-refractivity contribution in [2.24, 2.45) is 5.92 Å². The second-order valence-electron chi connectivity index (χ2n) is 3.87. The van der Waals surface area contributed by atoms with E-state index in [-0.39, 0.29) is 11.8 Å². The van der Waals surface area contributed by atoms with Crippen molar-refractivity contribution in [3.05, 3.63) is 12.7 Å². The van der Waals surface area contributed by atoms with Crippen LogP contribution in [0.1, 0.15) is 19.8 Å². The molecule has 1 aliphatic rings. The summed E-state index contributed by atoms with van der Waals surface area (Å²) in [7, 11) is 0.867. The van der Waals surface area contributed by atoms with Gasteiger partial charge >= 0.3 is 84.7 Å². The molecule has 1 rings (SSSR count). The first kappa shape index (κ1) is 11.3. The van der Waals surface area contributed by atoms with E-state index >= 15 is 0 Å². The van der Waals surface area contributed by atoms with E-state index in [0.717, 1.165) is 26.5 Å². The summed E-state index contributed by atoms with van der Waals surface area (Å²) in [5.41, 5.74) is 0. The Bertz CT molecular complexity index is 242. The molecule has 0 radical (unpaired) electrons. The van der Waals surface area contributed by atoms with Gasteiger partial charge in [0.05, 0.1) is 0 Å². The third kappa shape index (κ3) is 2.61. The van der Waals surface area contributed by atoms with Crippen molar-refractivity contribution in [2.75, 3.05) is 13.0 Å². The van der Waals surface area contributed by atoms with Gasteiger partial charge in [0.2, 0.25) is 0 Å². The molecule has 3 nitrogen and oxygen atoms in total. The first-order valence-electron chi connectivity index (χ1n) is 4.98. The van der Waals surface area contributed by atoms with Crippen LogP contribution in [0.4, 0.5) is 0 Å². The van der Waals surface area contributed by atoms with Crippen LogP contribution in [0.5, 0.6) is 0 Å². The summed E-state index contributed by atoms with van der Waals surface area (Å²) < 4.78 is 10.4. The van der Waals surface area contributed by atoms with Crippen molar-refractivity contribution in [2.45, 2.75) is 25.8 Å². The van der Waals surface area contributed by atoms with Crippen LogP contribution in [0, 0.1) is 5.92 Å². The van der Waals surface area contributed by atoms with Gasteiger partial charge in [0, 0.05) is 0 Å². The molecular weight excluding hydrogens is 177 g/mol. The van der Waals surface area contributed by atoms with Gasteiger partial charge in [-0.1, -0.05) is 0 Å². The number of hydrogen-bond acceptors (Lipinski definition) is 3. The molecule has 0 N–H and O–H groups in total. The number of carbonyl (C=O) groups excluding carboxylic acids is 1. The van der Waals surface area contributed by atoms with Crippen LogP contribution in [0.2, 0.25) is 0 Å². The molecule has 0 aliphatic carbocycles. The van der Waals surface area contributed by atoms with E-state index in [2.05, 4.69) is 6.58 Å². The molecule has 2 atom stereocenters. The third-order valence-electron chi connectivity index (χ3n) is 2.77. The predicted molar refractivity (Wildman–Crippen MR) is 55.4 cm³/mol. The molecule has 0 aromatic rings. The second-order valence-corrected chi connectivity index (χ2v) is 3.87. The van der Waals surface area contributed by atoms with E-state index in [0.29, 0.717) is 12.4 Å². The summed E-state index contributed by atoms with van der Waals surface area (Å²) >= 11 is 0. The first-order valence-corrected chi connectivity index (χ1v) is 4.98. The van der Waals surface area contributed by atoms with Crippen LogP contribution in [0.3, 0.4) is 0 Å². The van der Waals surface area contributed by atoms with Gasteiger partial charge in [-0.2, -0.15) is 0 Å². The van der Waals surface area contributed by atoms with Crippen molar-refractivity contribution in [3.8, 4) is 0 Å². The SMILES string of the molecule is C=CCC1C[C@@H](C(C)=O)N(CB=O)C1. The summed E-state index contributed by atoms with van der Waals surface area (Å²) in [6, 6.07) is -0.0508. The number of nitrogens with zero attached hydrogens (tertiary/aromatic N) is 1. The van der Waals surface area contributed by atoms with Crippen LogP contribution >= 0.6 is 0 Å². The fraction of sp³-hybridized carbons (Fsp3) is 0.700. The summed E-state index contributed by atoms with van der Waals surface area (Å²) in [6.45, 7) is 6.13. The fourth-order valence-electron chi connectivity index (χ4n) is 2.13. The van der Waals surface area contributed by atoms with Crippen LogP contribution in [0.15, 0.2) is 12.7 Å². The van der Waals surface area contributed by atoms with E-state index < -0.39 is 0 Å². The van der Waals surface area contributed by atoms with Crippen LogP contribution in [-0.2, 0) is 9.50 Å². The molecule has 0 aromatic carbocycles. The summed E-state index contributed by atoms with van der Waals surface area (Å²) in [5, 5.41) is 0. The molecule has 0 amide bonds. The van der Waals surface area contributed by atoms with Crippen LogP contribution in [-0.4, -0.2) is 36.9 Å². The van der Waals surface area contributed by atoms with Crippen molar-refractivity contribution in [3.63, 3.8) is 0 Å². The molecule has 0 spiro atoms. The number of Topliss-reactive ketones (excluding diaryl/α,β-unsaturated/α-hetero) is 1. The Morgan fingerprint density at radius 3 is 2.93 bits per heavy atom. The molecule has 1 heterocycles. The number of allylic oxidation sites excluding steroid dienone is 1. The number of ketones is 1. The molecular formula is C10H16BNO2. The molecule has 1 fully saturated rings. The van der Waals surface area contributed by atoms with Crippen LogP contribution in [0.25, 0.3) is 0 Å². The van der Waals surface area contributed by atoms with Crippen molar-refractivity contribution in [1.29, 1.82) is 0 Å². The standard InChI is InChI=1S/C10H16BNO2/c1-3-4-9-5-10(8(2)13)12(6-9)7-11-14/h3,9-10H,1,4-7H2,2H3/t9?,10-/m0/s1. The van der Waals surface area contributed by atoms with Gasteiger partial charge in [0.1, 0.15) is 0 Å². The van der Waals surface area contributed by atoms with E-state index in [4.69, 9.17) is 0 Å². The van der Waals surface area contributed by atoms with Gasteiger partial charge in [0.25, 0.3) is 0 Å². The van der Waals surface area contributed by atoms with Gasteiger partial charge in [0.15, 0.2) is 0 Å². The zero-order valence-corrected chi connectivity index (χ0v) is 8.61. The van der Waals surface area contributed by atoms with Crippen molar-refractivity contribution >= 4 is 12.9 Å². The molecule has 1 saturated heterocycles. The molecule has 0 saturated carbocycles. The minimum absolute atomic E-state index is 0.0508. The van der Waals surface area contributed by atoms with Gasteiger partial charge in [-0.15, -0.1) is 0 Å². The summed E-state index contributed by atoms with van der Waals surface area (Å²) in [6.07, 6.45) is 4.05. The van der Waals surface area contributed by atoms with Crippen molar-refractivity contribution < 1.29 is 9.50 Å². The fourth-order valence-corrected chi connectivity index (χ4v) is 2.13. The Morgan fingerprint density at radius 2 is 2.43 bits per heavy atom. The zero-order chi connectivity index (χ0) is 10.6. The Balaban J connectivity index is 2.59. The monoisotopic (exact) mass is 193 g/mol. The molecule has 4 heteroatoms. The summed E-state index contributed by atoms with van der Waals surface area (Å²) in [4.78, 5) is 13.3. The Labute approximate surface area is 85.4 Å². The number of likely N-dealkylation sites (tertiary alicyclic amines) is 1. The maximum atomic E-state index is 11.3. The third-order valence-corrected chi connectivity index (χ3v) is 2.77. The second kappa shape index (κ2) is 5.20. The Morgan fingerprint density at radius 1 is 1.71 bits per heavy atom. The number of carbonyl (C=O) groups is 1. The van der Waals surface area contributed by atoms with Gasteiger partial charge < -0.3 is 0 Å². The maximum absolute atomic E-state index is 11.3. The number of rotatable bonds is 5. The molecule has 1 aliphatic heterocycles. The molecule has 14 heavy (non-hydrogen) atoms. The average Bonchev–Trinajstić information content (AvgIpc) is 2.49. The molecule has 0 aromatic heterocycles. The molecule has 76 valence electrons. The zero-order valence-electron chi connectivity index (χ0n) is 8.61. The van der Waals surface area contributed by atoms with Crippen molar-refractivity contribution in [1.82, 2.24) is 4.90 Å². The number of hydrogen-bond donors (Lipinski definition) is 0. The summed E-state index contributed by atoms with van der Waals surface area (Å²) in [5.74, 6) is 0.653. The van der Waals surface area contributed by atoms with E-state index in [1.807, 2.05) is 11.0 Å². The average molecular weight is 193 g/mol. The van der Waals surface area contributed by atoms with E-state index in [1.165, 1.54) is 0 Å². The van der Waals surface area contributed by atoms with Gasteiger partial charge in [-0.25, -0.2) is 0 Å². The van der Waals surface area contributed by atoms with Crippen LogP contribution < -0.4 is 0 Å². The first-order chi connectivity index (χ1) is 6.69. The molecule has 1 unspecified atom stereocenters. The van der Waals surface area contributed by atoms with Gasteiger partial charge in [-0.05, 0) is 0 Å². The molecule has 0 bridgehead atoms. The minimum atomic E-state index is -0.0508. The van der Waals surface area contributed by atoms with Gasteiger partial charge in [-0.3, -0.25) is 0 Å².